The predicted molar refractivity (Wildman–Crippen MR) is 64.9 cm³/mol. The molecule has 1 aliphatic rings. The van der Waals surface area contributed by atoms with Crippen molar-refractivity contribution in [3.8, 4) is 5.75 Å². The third-order valence-corrected chi connectivity index (χ3v) is 3.68. The zero-order chi connectivity index (χ0) is 11.5. The van der Waals surface area contributed by atoms with E-state index in [9.17, 15) is 5.11 Å². The van der Waals surface area contributed by atoms with E-state index in [2.05, 4.69) is 0 Å². The van der Waals surface area contributed by atoms with Gasteiger partial charge in [0.05, 0.1) is 18.2 Å². The highest BCUT2D eigenvalue weighted by atomic mass is 35.5. The van der Waals surface area contributed by atoms with Crippen LogP contribution in [0.2, 0.25) is 5.02 Å². The number of aliphatic hydroxyl groups is 1. The van der Waals surface area contributed by atoms with E-state index >= 15 is 0 Å². The van der Waals surface area contributed by atoms with Gasteiger partial charge < -0.3 is 9.84 Å². The molecule has 2 rings (SSSR count). The first-order valence-electron chi connectivity index (χ1n) is 5.74. The summed E-state index contributed by atoms with van der Waals surface area (Å²) in [6.45, 7) is 0. The number of methoxy groups -OCH3 is 1. The second kappa shape index (κ2) is 5.07. The van der Waals surface area contributed by atoms with E-state index in [1.807, 2.05) is 12.1 Å². The van der Waals surface area contributed by atoms with Gasteiger partial charge in [0.2, 0.25) is 0 Å². The van der Waals surface area contributed by atoms with Crippen LogP contribution in [0.1, 0.15) is 37.4 Å². The van der Waals surface area contributed by atoms with Crippen LogP contribution in [0, 0.1) is 5.92 Å². The maximum Gasteiger partial charge on any atom is 0.137 e. The Labute approximate surface area is 101 Å². The number of ether oxygens (including phenoxy) is 1. The summed E-state index contributed by atoms with van der Waals surface area (Å²) >= 11 is 5.95. The summed E-state index contributed by atoms with van der Waals surface area (Å²) in [5.41, 5.74) is 0.910. The molecule has 1 aliphatic carbocycles. The summed E-state index contributed by atoms with van der Waals surface area (Å²) in [6.07, 6.45) is 4.31. The van der Waals surface area contributed by atoms with E-state index in [4.69, 9.17) is 16.3 Å². The Bertz CT molecular complexity index is 359. The highest BCUT2D eigenvalue weighted by molar-refractivity contribution is 6.32. The average Bonchev–Trinajstić information content (AvgIpc) is 2.82. The fourth-order valence-corrected chi connectivity index (χ4v) is 2.60. The van der Waals surface area contributed by atoms with Crippen LogP contribution >= 0.6 is 11.6 Å². The van der Waals surface area contributed by atoms with Crippen LogP contribution in [-0.4, -0.2) is 12.2 Å². The minimum atomic E-state index is -0.381. The van der Waals surface area contributed by atoms with Crippen molar-refractivity contribution < 1.29 is 9.84 Å². The summed E-state index contributed by atoms with van der Waals surface area (Å²) in [7, 11) is 1.59. The van der Waals surface area contributed by atoms with Crippen LogP contribution < -0.4 is 4.74 Å². The standard InChI is InChI=1S/C13H17ClO2/c1-16-12-8-10(6-7-11(12)14)13(15)9-4-2-3-5-9/h6-9,13,15H,2-5H2,1H3. The van der Waals surface area contributed by atoms with Crippen molar-refractivity contribution in [1.82, 2.24) is 0 Å². The lowest BCUT2D eigenvalue weighted by molar-refractivity contribution is 0.111. The molecule has 1 aromatic carbocycles. The molecule has 0 aromatic heterocycles. The quantitative estimate of drug-likeness (QED) is 0.875. The van der Waals surface area contributed by atoms with E-state index in [0.29, 0.717) is 16.7 Å². The van der Waals surface area contributed by atoms with E-state index in [0.717, 1.165) is 18.4 Å². The van der Waals surface area contributed by atoms with Crippen molar-refractivity contribution in [3.63, 3.8) is 0 Å². The second-order valence-electron chi connectivity index (χ2n) is 4.38. The van der Waals surface area contributed by atoms with Crippen molar-refractivity contribution in [3.05, 3.63) is 28.8 Å². The van der Waals surface area contributed by atoms with Crippen molar-refractivity contribution >= 4 is 11.6 Å². The molecule has 1 fully saturated rings. The fraction of sp³-hybridized carbons (Fsp3) is 0.538. The number of benzene rings is 1. The first-order chi connectivity index (χ1) is 7.72. The molecule has 0 radical (unpaired) electrons. The Balaban J connectivity index is 2.19. The van der Waals surface area contributed by atoms with Gasteiger partial charge in [-0.1, -0.05) is 30.5 Å². The Morgan fingerprint density at radius 3 is 2.69 bits per heavy atom. The molecule has 16 heavy (non-hydrogen) atoms. The van der Waals surface area contributed by atoms with Crippen molar-refractivity contribution in [2.45, 2.75) is 31.8 Å². The largest absolute Gasteiger partial charge is 0.495 e. The smallest absolute Gasteiger partial charge is 0.137 e. The number of rotatable bonds is 3. The molecule has 1 aromatic rings. The molecule has 1 atom stereocenters. The Morgan fingerprint density at radius 1 is 1.38 bits per heavy atom. The molecule has 0 heterocycles. The van der Waals surface area contributed by atoms with Crippen molar-refractivity contribution in [1.29, 1.82) is 0 Å². The lowest BCUT2D eigenvalue weighted by Gasteiger charge is -2.18. The number of halogens is 1. The minimum Gasteiger partial charge on any atom is -0.495 e. The van der Waals surface area contributed by atoms with E-state index in [1.54, 1.807) is 13.2 Å². The molecule has 88 valence electrons. The Hall–Kier alpha value is -0.730. The topological polar surface area (TPSA) is 29.5 Å². The van der Waals surface area contributed by atoms with Crippen LogP contribution in [0.15, 0.2) is 18.2 Å². The molecule has 3 heteroatoms. The number of hydrogen-bond donors (Lipinski definition) is 1. The molecule has 0 spiro atoms. The molecule has 1 saturated carbocycles. The van der Waals surface area contributed by atoms with Gasteiger partial charge in [-0.3, -0.25) is 0 Å². The minimum absolute atomic E-state index is 0.381. The molecule has 0 bridgehead atoms. The van der Waals surface area contributed by atoms with Crippen LogP contribution in [-0.2, 0) is 0 Å². The van der Waals surface area contributed by atoms with E-state index in [-0.39, 0.29) is 6.10 Å². The van der Waals surface area contributed by atoms with Crippen LogP contribution in [0.3, 0.4) is 0 Å². The molecule has 0 aliphatic heterocycles. The zero-order valence-electron chi connectivity index (χ0n) is 9.45. The summed E-state index contributed by atoms with van der Waals surface area (Å²) in [5, 5.41) is 10.8. The van der Waals surface area contributed by atoms with Gasteiger partial charge in [-0.2, -0.15) is 0 Å². The fourth-order valence-electron chi connectivity index (χ4n) is 2.41. The van der Waals surface area contributed by atoms with Crippen LogP contribution in [0.4, 0.5) is 0 Å². The van der Waals surface area contributed by atoms with Gasteiger partial charge in [-0.25, -0.2) is 0 Å². The third kappa shape index (κ3) is 2.33. The van der Waals surface area contributed by atoms with Crippen LogP contribution in [0.5, 0.6) is 5.75 Å². The van der Waals surface area contributed by atoms with Gasteiger partial charge >= 0.3 is 0 Å². The zero-order valence-corrected chi connectivity index (χ0v) is 10.2. The highest BCUT2D eigenvalue weighted by Crippen LogP contribution is 2.37. The average molecular weight is 241 g/mol. The molecule has 0 saturated heterocycles. The molecule has 0 amide bonds. The summed E-state index contributed by atoms with van der Waals surface area (Å²) in [5.74, 6) is 1.03. The van der Waals surface area contributed by atoms with E-state index < -0.39 is 0 Å². The van der Waals surface area contributed by atoms with Crippen LogP contribution in [0.25, 0.3) is 0 Å². The molecular weight excluding hydrogens is 224 g/mol. The first-order valence-corrected chi connectivity index (χ1v) is 6.11. The first kappa shape index (κ1) is 11.7. The summed E-state index contributed by atoms with van der Waals surface area (Å²) < 4.78 is 5.16. The number of hydrogen-bond acceptors (Lipinski definition) is 2. The Kier molecular flexibility index (Phi) is 3.72. The van der Waals surface area contributed by atoms with Crippen molar-refractivity contribution in [2.24, 2.45) is 5.92 Å². The van der Waals surface area contributed by atoms with Gasteiger partial charge in [0, 0.05) is 0 Å². The summed E-state index contributed by atoms with van der Waals surface area (Å²) in [4.78, 5) is 0. The number of aliphatic hydroxyl groups excluding tert-OH is 1. The van der Waals surface area contributed by atoms with Gasteiger partial charge in [-0.15, -0.1) is 0 Å². The van der Waals surface area contributed by atoms with Gasteiger partial charge in [0.15, 0.2) is 0 Å². The van der Waals surface area contributed by atoms with Gasteiger partial charge in [0.1, 0.15) is 5.75 Å². The van der Waals surface area contributed by atoms with E-state index in [1.165, 1.54) is 12.8 Å². The lowest BCUT2D eigenvalue weighted by atomic mass is 9.94. The molecule has 1 N–H and O–H groups in total. The maximum absolute atomic E-state index is 10.2. The van der Waals surface area contributed by atoms with Gasteiger partial charge in [0.25, 0.3) is 0 Å². The highest BCUT2D eigenvalue weighted by Gasteiger charge is 2.24. The van der Waals surface area contributed by atoms with Gasteiger partial charge in [-0.05, 0) is 36.5 Å². The molecule has 1 unspecified atom stereocenters. The predicted octanol–water partition coefficient (Wildman–Crippen LogP) is 3.57. The second-order valence-corrected chi connectivity index (χ2v) is 4.79. The summed E-state index contributed by atoms with van der Waals surface area (Å²) in [6, 6.07) is 5.51. The SMILES string of the molecule is COc1cc(C(O)C2CCCC2)ccc1Cl. The monoisotopic (exact) mass is 240 g/mol. The normalized spacial score (nSPS) is 18.7. The van der Waals surface area contributed by atoms with Crippen molar-refractivity contribution in [2.75, 3.05) is 7.11 Å². The lowest BCUT2D eigenvalue weighted by Crippen LogP contribution is -2.08. The third-order valence-electron chi connectivity index (χ3n) is 3.36. The molecular formula is C13H17ClO2. The maximum atomic E-state index is 10.2. The molecule has 2 nitrogen and oxygen atoms in total. The Morgan fingerprint density at radius 2 is 2.06 bits per heavy atom.